The quantitative estimate of drug-likeness (QED) is 0.728. The van der Waals surface area contributed by atoms with Gasteiger partial charge in [0.2, 0.25) is 11.0 Å². The first kappa shape index (κ1) is 19.2. The molecule has 0 saturated carbocycles. The fourth-order valence-electron chi connectivity index (χ4n) is 2.14. The van der Waals surface area contributed by atoms with E-state index in [0.717, 1.165) is 16.0 Å². The molecule has 0 spiro atoms. The smallest absolute Gasteiger partial charge is 0.236 e. The number of aromatic nitrogens is 2. The standard InChI is InChI=1S/C15H28N4OS2/c1-9(2)8-16-14-17-18-15(22-14)21-12(7)13(20)19(10(3)4)11(5)6/h9-12H,8H2,1-7H3,(H,16,17). The van der Waals surface area contributed by atoms with E-state index in [1.54, 1.807) is 0 Å². The average molecular weight is 345 g/mol. The topological polar surface area (TPSA) is 58.1 Å². The van der Waals surface area contributed by atoms with Crippen LogP contribution in [0.5, 0.6) is 0 Å². The molecule has 1 atom stereocenters. The third kappa shape index (κ3) is 5.76. The average Bonchev–Trinajstić information content (AvgIpc) is 2.83. The minimum atomic E-state index is -0.157. The van der Waals surface area contributed by atoms with Gasteiger partial charge in [-0.05, 0) is 40.5 Å². The molecule has 0 aliphatic rings. The van der Waals surface area contributed by atoms with E-state index in [4.69, 9.17) is 0 Å². The van der Waals surface area contributed by atoms with Crippen LogP contribution in [0.25, 0.3) is 0 Å². The van der Waals surface area contributed by atoms with Crippen LogP contribution in [0.3, 0.4) is 0 Å². The Bertz CT molecular complexity index is 466. The maximum Gasteiger partial charge on any atom is 0.236 e. The SMILES string of the molecule is CC(C)CNc1nnc(SC(C)C(=O)N(C(C)C)C(C)C)s1. The fourth-order valence-corrected chi connectivity index (χ4v) is 4.10. The number of anilines is 1. The maximum atomic E-state index is 12.6. The van der Waals surface area contributed by atoms with E-state index in [1.807, 2.05) is 39.5 Å². The summed E-state index contributed by atoms with van der Waals surface area (Å²) in [7, 11) is 0. The van der Waals surface area contributed by atoms with Gasteiger partial charge in [-0.2, -0.15) is 0 Å². The monoisotopic (exact) mass is 344 g/mol. The normalized spacial score (nSPS) is 13.0. The van der Waals surface area contributed by atoms with Crippen molar-refractivity contribution in [3.8, 4) is 0 Å². The van der Waals surface area contributed by atoms with E-state index in [-0.39, 0.29) is 23.2 Å². The van der Waals surface area contributed by atoms with Crippen LogP contribution in [-0.4, -0.2) is 44.9 Å². The van der Waals surface area contributed by atoms with E-state index < -0.39 is 0 Å². The van der Waals surface area contributed by atoms with Crippen LogP contribution < -0.4 is 5.32 Å². The number of nitrogens with zero attached hydrogens (tertiary/aromatic N) is 3. The molecule has 1 unspecified atom stereocenters. The number of rotatable bonds is 8. The molecule has 1 amide bonds. The van der Waals surface area contributed by atoms with Gasteiger partial charge in [0.15, 0.2) is 4.34 Å². The lowest BCUT2D eigenvalue weighted by molar-refractivity contribution is -0.133. The Morgan fingerprint density at radius 1 is 1.14 bits per heavy atom. The lowest BCUT2D eigenvalue weighted by atomic mass is 10.2. The van der Waals surface area contributed by atoms with Crippen LogP contribution in [0.15, 0.2) is 4.34 Å². The number of carbonyl (C=O) groups excluding carboxylic acids is 1. The zero-order valence-corrected chi connectivity index (χ0v) is 16.2. The molecule has 0 aliphatic heterocycles. The van der Waals surface area contributed by atoms with Crippen molar-refractivity contribution < 1.29 is 4.79 Å². The summed E-state index contributed by atoms with van der Waals surface area (Å²) in [5, 5.41) is 12.2. The highest BCUT2D eigenvalue weighted by Gasteiger charge is 2.26. The van der Waals surface area contributed by atoms with Crippen molar-refractivity contribution in [3.63, 3.8) is 0 Å². The van der Waals surface area contributed by atoms with E-state index in [9.17, 15) is 4.79 Å². The minimum Gasteiger partial charge on any atom is -0.360 e. The highest BCUT2D eigenvalue weighted by atomic mass is 32.2. The van der Waals surface area contributed by atoms with Crippen molar-refractivity contribution in [2.45, 2.75) is 70.1 Å². The number of nitrogens with one attached hydrogen (secondary N) is 1. The second kappa shape index (κ2) is 8.72. The van der Waals surface area contributed by atoms with Gasteiger partial charge in [0.1, 0.15) is 0 Å². The van der Waals surface area contributed by atoms with Crippen LogP contribution in [0.2, 0.25) is 0 Å². The summed E-state index contributed by atoms with van der Waals surface area (Å²) >= 11 is 2.99. The van der Waals surface area contributed by atoms with Crippen molar-refractivity contribution in [2.24, 2.45) is 5.92 Å². The molecule has 22 heavy (non-hydrogen) atoms. The molecule has 126 valence electrons. The molecule has 1 heterocycles. The van der Waals surface area contributed by atoms with E-state index in [0.29, 0.717) is 5.92 Å². The third-order valence-electron chi connectivity index (χ3n) is 3.06. The summed E-state index contributed by atoms with van der Waals surface area (Å²) < 4.78 is 0.833. The molecule has 0 aromatic carbocycles. The Hall–Kier alpha value is -0.820. The molecular weight excluding hydrogens is 316 g/mol. The maximum absolute atomic E-state index is 12.6. The van der Waals surface area contributed by atoms with E-state index in [1.165, 1.54) is 23.1 Å². The lowest BCUT2D eigenvalue weighted by Gasteiger charge is -2.32. The van der Waals surface area contributed by atoms with Gasteiger partial charge in [0.05, 0.1) is 5.25 Å². The third-order valence-corrected chi connectivity index (χ3v) is 5.11. The molecule has 1 rings (SSSR count). The summed E-state index contributed by atoms with van der Waals surface area (Å²) in [6.07, 6.45) is 0. The Morgan fingerprint density at radius 3 is 2.23 bits per heavy atom. The predicted molar refractivity (Wildman–Crippen MR) is 95.7 cm³/mol. The van der Waals surface area contributed by atoms with Gasteiger partial charge in [-0.1, -0.05) is 36.9 Å². The molecule has 0 bridgehead atoms. The first-order chi connectivity index (χ1) is 10.2. The Labute approximate surface area is 142 Å². The van der Waals surface area contributed by atoms with Gasteiger partial charge in [0, 0.05) is 18.6 Å². The van der Waals surface area contributed by atoms with Gasteiger partial charge >= 0.3 is 0 Å². The molecule has 1 N–H and O–H groups in total. The Morgan fingerprint density at radius 2 is 1.73 bits per heavy atom. The summed E-state index contributed by atoms with van der Waals surface area (Å²) in [6.45, 7) is 15.3. The molecule has 0 fully saturated rings. The lowest BCUT2D eigenvalue weighted by Crippen LogP contribution is -2.45. The summed E-state index contributed by atoms with van der Waals surface area (Å²) in [4.78, 5) is 14.5. The number of carbonyl (C=O) groups is 1. The van der Waals surface area contributed by atoms with Gasteiger partial charge in [-0.3, -0.25) is 4.79 Å². The van der Waals surface area contributed by atoms with Crippen LogP contribution >= 0.6 is 23.1 Å². The Balaban J connectivity index is 2.64. The van der Waals surface area contributed by atoms with E-state index in [2.05, 4.69) is 29.4 Å². The van der Waals surface area contributed by atoms with Crippen LogP contribution in [0.4, 0.5) is 5.13 Å². The van der Waals surface area contributed by atoms with Crippen molar-refractivity contribution in [3.05, 3.63) is 0 Å². The minimum absolute atomic E-state index is 0.155. The largest absolute Gasteiger partial charge is 0.360 e. The molecule has 5 nitrogen and oxygen atoms in total. The van der Waals surface area contributed by atoms with Crippen molar-refractivity contribution >= 4 is 34.1 Å². The highest BCUT2D eigenvalue weighted by Crippen LogP contribution is 2.30. The molecule has 0 saturated heterocycles. The first-order valence-electron chi connectivity index (χ1n) is 7.78. The number of hydrogen-bond acceptors (Lipinski definition) is 6. The van der Waals surface area contributed by atoms with E-state index >= 15 is 0 Å². The van der Waals surface area contributed by atoms with Crippen molar-refractivity contribution in [1.82, 2.24) is 15.1 Å². The molecule has 1 aromatic rings. The van der Waals surface area contributed by atoms with Crippen LogP contribution in [0, 0.1) is 5.92 Å². The van der Waals surface area contributed by atoms with Crippen molar-refractivity contribution in [2.75, 3.05) is 11.9 Å². The predicted octanol–water partition coefficient (Wildman–Crippen LogP) is 3.73. The molecule has 1 aromatic heterocycles. The van der Waals surface area contributed by atoms with Crippen LogP contribution in [-0.2, 0) is 4.79 Å². The summed E-state index contributed by atoms with van der Waals surface area (Å²) in [6, 6.07) is 0.404. The summed E-state index contributed by atoms with van der Waals surface area (Å²) in [5.74, 6) is 0.716. The first-order valence-corrected chi connectivity index (χ1v) is 9.48. The number of hydrogen-bond donors (Lipinski definition) is 1. The molecule has 7 heteroatoms. The zero-order chi connectivity index (χ0) is 16.9. The van der Waals surface area contributed by atoms with Gasteiger partial charge < -0.3 is 10.2 Å². The van der Waals surface area contributed by atoms with Gasteiger partial charge in [-0.25, -0.2) is 0 Å². The number of amides is 1. The molecule has 0 aliphatic carbocycles. The molecular formula is C15H28N4OS2. The fraction of sp³-hybridized carbons (Fsp3) is 0.800. The highest BCUT2D eigenvalue weighted by molar-refractivity contribution is 8.02. The van der Waals surface area contributed by atoms with Gasteiger partial charge in [-0.15, -0.1) is 10.2 Å². The second-order valence-corrected chi connectivity index (χ2v) is 8.91. The summed E-state index contributed by atoms with van der Waals surface area (Å²) in [5.41, 5.74) is 0. The zero-order valence-electron chi connectivity index (χ0n) is 14.6. The number of thioether (sulfide) groups is 1. The Kier molecular flexibility index (Phi) is 7.62. The van der Waals surface area contributed by atoms with Crippen LogP contribution in [0.1, 0.15) is 48.5 Å². The second-order valence-electron chi connectivity index (χ2n) is 6.34. The molecule has 0 radical (unpaired) electrons. The van der Waals surface area contributed by atoms with Crippen molar-refractivity contribution in [1.29, 1.82) is 0 Å². The van der Waals surface area contributed by atoms with Gasteiger partial charge in [0.25, 0.3) is 0 Å².